The maximum Gasteiger partial charge on any atom is 0.277 e. The van der Waals surface area contributed by atoms with Crippen LogP contribution in [0.3, 0.4) is 0 Å². The topological polar surface area (TPSA) is 59.9 Å². The molecular formula is C19H18Br2N2O3S2. The summed E-state index contributed by atoms with van der Waals surface area (Å²) in [7, 11) is 1.60. The number of hydrogen-bond acceptors (Lipinski definition) is 6. The number of amides is 1. The molecule has 3 rings (SSSR count). The van der Waals surface area contributed by atoms with Gasteiger partial charge in [-0.2, -0.15) is 5.10 Å². The van der Waals surface area contributed by atoms with Gasteiger partial charge < -0.3 is 9.47 Å². The second kappa shape index (κ2) is 10.6. The molecule has 148 valence electrons. The second-order valence-electron chi connectivity index (χ2n) is 5.74. The number of carbonyl (C=O) groups is 1. The number of halogens is 2. The fraction of sp³-hybridized carbons (Fsp3) is 0.263. The molecule has 1 aliphatic rings. The van der Waals surface area contributed by atoms with Gasteiger partial charge in [-0.05, 0) is 67.3 Å². The van der Waals surface area contributed by atoms with E-state index in [1.807, 2.05) is 47.8 Å². The van der Waals surface area contributed by atoms with Gasteiger partial charge in [0.1, 0.15) is 11.5 Å². The smallest absolute Gasteiger partial charge is 0.277 e. The summed E-state index contributed by atoms with van der Waals surface area (Å²) >= 11 is 10.8. The predicted molar refractivity (Wildman–Crippen MR) is 124 cm³/mol. The summed E-state index contributed by atoms with van der Waals surface area (Å²) in [5.41, 5.74) is 4.55. The molecule has 28 heavy (non-hydrogen) atoms. The highest BCUT2D eigenvalue weighted by Crippen LogP contribution is 2.45. The van der Waals surface area contributed by atoms with Crippen LogP contribution in [0.25, 0.3) is 0 Å². The molecule has 0 atom stereocenters. The molecule has 9 heteroatoms. The summed E-state index contributed by atoms with van der Waals surface area (Å²) in [6, 6.07) is 11.6. The van der Waals surface area contributed by atoms with Gasteiger partial charge in [0.05, 0.1) is 26.9 Å². The third-order valence-electron chi connectivity index (χ3n) is 3.77. The summed E-state index contributed by atoms with van der Waals surface area (Å²) in [5, 5.41) is 3.97. The van der Waals surface area contributed by atoms with Crippen molar-refractivity contribution in [2.75, 3.05) is 25.2 Å². The van der Waals surface area contributed by atoms with Crippen molar-refractivity contribution in [2.45, 2.75) is 4.58 Å². The van der Waals surface area contributed by atoms with Gasteiger partial charge in [-0.15, -0.1) is 23.5 Å². The number of nitrogens with one attached hydrogen (secondary N) is 1. The molecule has 0 aliphatic carbocycles. The number of nitrogens with zero attached hydrogens (tertiary/aromatic N) is 1. The molecule has 0 unspecified atom stereocenters. The summed E-state index contributed by atoms with van der Waals surface area (Å²) in [6.07, 6.45) is 1.55. The number of hydrazone groups is 1. The first-order valence-electron chi connectivity index (χ1n) is 8.37. The van der Waals surface area contributed by atoms with Gasteiger partial charge in [0, 0.05) is 11.5 Å². The van der Waals surface area contributed by atoms with E-state index in [0.717, 1.165) is 14.5 Å². The van der Waals surface area contributed by atoms with E-state index in [-0.39, 0.29) is 12.5 Å². The molecule has 1 fully saturated rings. The molecule has 1 saturated heterocycles. The Labute approximate surface area is 189 Å². The van der Waals surface area contributed by atoms with Crippen LogP contribution in [0, 0.1) is 0 Å². The molecule has 2 aromatic rings. The molecule has 0 spiro atoms. The van der Waals surface area contributed by atoms with Crippen LogP contribution in [0.5, 0.6) is 11.5 Å². The SMILES string of the molecule is COc1c(Br)cc(/C=N\NC(=O)COc2ccc(C3SCCS3)cc2)cc1Br. The first-order chi connectivity index (χ1) is 13.6. The van der Waals surface area contributed by atoms with Gasteiger partial charge in [0.2, 0.25) is 0 Å². The van der Waals surface area contributed by atoms with Crippen molar-refractivity contribution in [3.05, 3.63) is 56.5 Å². The van der Waals surface area contributed by atoms with Gasteiger partial charge in [0.25, 0.3) is 5.91 Å². The Hall–Kier alpha value is -1.16. The van der Waals surface area contributed by atoms with Crippen LogP contribution in [-0.4, -0.2) is 37.3 Å². The predicted octanol–water partition coefficient (Wildman–Crippen LogP) is 5.23. The second-order valence-corrected chi connectivity index (χ2v) is 10.2. The van der Waals surface area contributed by atoms with Crippen molar-refractivity contribution in [3.63, 3.8) is 0 Å². The number of carbonyl (C=O) groups excluding carboxylic acids is 1. The molecule has 5 nitrogen and oxygen atoms in total. The van der Waals surface area contributed by atoms with Gasteiger partial charge >= 0.3 is 0 Å². The van der Waals surface area contributed by atoms with E-state index in [2.05, 4.69) is 54.5 Å². The molecule has 2 aromatic carbocycles. The molecule has 0 radical (unpaired) electrons. The zero-order chi connectivity index (χ0) is 19.9. The van der Waals surface area contributed by atoms with Crippen LogP contribution in [0.4, 0.5) is 0 Å². The van der Waals surface area contributed by atoms with E-state index in [1.54, 1.807) is 13.3 Å². The van der Waals surface area contributed by atoms with Crippen molar-refractivity contribution in [2.24, 2.45) is 5.10 Å². The van der Waals surface area contributed by atoms with Crippen molar-refractivity contribution in [1.82, 2.24) is 5.43 Å². The Morgan fingerprint density at radius 1 is 1.21 bits per heavy atom. The standard InChI is InChI=1S/C19H18Br2N2O3S2/c1-25-18-15(20)8-12(9-16(18)21)10-22-23-17(24)11-26-14-4-2-13(3-5-14)19-27-6-7-28-19/h2-5,8-10,19H,6-7,11H2,1H3,(H,23,24)/b22-10-. The van der Waals surface area contributed by atoms with Gasteiger partial charge in [0.15, 0.2) is 6.61 Å². The lowest BCUT2D eigenvalue weighted by atomic mass is 10.2. The van der Waals surface area contributed by atoms with Crippen LogP contribution in [0.2, 0.25) is 0 Å². The van der Waals surface area contributed by atoms with Crippen LogP contribution in [0.15, 0.2) is 50.4 Å². The molecule has 1 aliphatic heterocycles. The molecular weight excluding hydrogens is 528 g/mol. The lowest BCUT2D eigenvalue weighted by Gasteiger charge is -2.10. The van der Waals surface area contributed by atoms with E-state index in [4.69, 9.17) is 9.47 Å². The third-order valence-corrected chi connectivity index (χ3v) is 8.05. The lowest BCUT2D eigenvalue weighted by molar-refractivity contribution is -0.123. The lowest BCUT2D eigenvalue weighted by Crippen LogP contribution is -2.24. The van der Waals surface area contributed by atoms with E-state index in [9.17, 15) is 4.79 Å². The van der Waals surface area contributed by atoms with Gasteiger partial charge in [-0.25, -0.2) is 5.43 Å². The number of thioether (sulfide) groups is 2. The average molecular weight is 546 g/mol. The average Bonchev–Trinajstić information content (AvgIpc) is 3.21. The Balaban J connectivity index is 1.47. The van der Waals surface area contributed by atoms with Crippen LogP contribution in [0.1, 0.15) is 15.7 Å². The monoisotopic (exact) mass is 544 g/mol. The zero-order valence-corrected chi connectivity index (χ0v) is 19.8. The molecule has 0 aromatic heterocycles. The Morgan fingerprint density at radius 3 is 2.46 bits per heavy atom. The number of benzene rings is 2. The quantitative estimate of drug-likeness (QED) is 0.381. The van der Waals surface area contributed by atoms with E-state index < -0.39 is 0 Å². The van der Waals surface area contributed by atoms with Gasteiger partial charge in [-0.3, -0.25) is 4.79 Å². The van der Waals surface area contributed by atoms with Crippen molar-refractivity contribution >= 4 is 67.5 Å². The summed E-state index contributed by atoms with van der Waals surface area (Å²) in [6.45, 7) is -0.0976. The van der Waals surface area contributed by atoms with E-state index >= 15 is 0 Å². The maximum absolute atomic E-state index is 11.9. The zero-order valence-electron chi connectivity index (χ0n) is 15.0. The maximum atomic E-state index is 11.9. The fourth-order valence-corrected chi connectivity index (χ4v) is 6.89. The number of rotatable bonds is 7. The van der Waals surface area contributed by atoms with Crippen LogP contribution < -0.4 is 14.9 Å². The normalized spacial score (nSPS) is 14.4. The van der Waals surface area contributed by atoms with E-state index in [0.29, 0.717) is 16.1 Å². The molecule has 0 saturated carbocycles. The molecule has 1 heterocycles. The molecule has 1 amide bonds. The minimum Gasteiger partial charge on any atom is -0.494 e. The highest BCUT2D eigenvalue weighted by atomic mass is 79.9. The van der Waals surface area contributed by atoms with Crippen molar-refractivity contribution in [1.29, 1.82) is 0 Å². The van der Waals surface area contributed by atoms with E-state index in [1.165, 1.54) is 17.1 Å². The van der Waals surface area contributed by atoms with Crippen molar-refractivity contribution < 1.29 is 14.3 Å². The minimum atomic E-state index is -0.325. The fourth-order valence-electron chi connectivity index (χ4n) is 2.48. The van der Waals surface area contributed by atoms with Crippen LogP contribution in [-0.2, 0) is 4.79 Å². The Morgan fingerprint density at radius 2 is 1.86 bits per heavy atom. The van der Waals surface area contributed by atoms with Crippen molar-refractivity contribution in [3.8, 4) is 11.5 Å². The third kappa shape index (κ3) is 5.92. The highest BCUT2D eigenvalue weighted by Gasteiger charge is 2.18. The summed E-state index contributed by atoms with van der Waals surface area (Å²) < 4.78 is 12.9. The first kappa shape index (κ1) is 21.5. The molecule has 1 N–H and O–H groups in total. The number of hydrogen-bond donors (Lipinski definition) is 1. The number of ether oxygens (including phenoxy) is 2. The largest absolute Gasteiger partial charge is 0.494 e. The highest BCUT2D eigenvalue weighted by molar-refractivity contribution is 9.11. The molecule has 0 bridgehead atoms. The van der Waals surface area contributed by atoms with Crippen LogP contribution >= 0.6 is 55.4 Å². The minimum absolute atomic E-state index is 0.0976. The first-order valence-corrected chi connectivity index (χ1v) is 12.1. The number of methoxy groups -OCH3 is 1. The Kier molecular flexibility index (Phi) is 8.13. The Bertz CT molecular complexity index is 834. The van der Waals surface area contributed by atoms with Gasteiger partial charge in [-0.1, -0.05) is 12.1 Å². The summed E-state index contributed by atoms with van der Waals surface area (Å²) in [4.78, 5) is 11.9. The summed E-state index contributed by atoms with van der Waals surface area (Å²) in [5.74, 6) is 3.43.